The first-order chi connectivity index (χ1) is 11.2. The molecule has 2 heterocycles. The summed E-state index contributed by atoms with van der Waals surface area (Å²) in [5.74, 6) is 1.14. The summed E-state index contributed by atoms with van der Waals surface area (Å²) in [4.78, 5) is 0.174. The van der Waals surface area contributed by atoms with Crippen molar-refractivity contribution in [2.24, 2.45) is 7.05 Å². The first-order valence-corrected chi connectivity index (χ1v) is 9.12. The van der Waals surface area contributed by atoms with Gasteiger partial charge in [0.05, 0.1) is 11.4 Å². The summed E-state index contributed by atoms with van der Waals surface area (Å²) in [7, 11) is -2.06. The van der Waals surface area contributed by atoms with Crippen LogP contribution in [0.2, 0.25) is 0 Å². The Bertz CT molecular complexity index is 866. The Morgan fingerprint density at radius 2 is 1.83 bits per heavy atom. The molecule has 2 aromatic rings. The van der Waals surface area contributed by atoms with Gasteiger partial charge in [0.2, 0.25) is 0 Å². The lowest BCUT2D eigenvalue weighted by Gasteiger charge is -2.20. The van der Waals surface area contributed by atoms with Crippen molar-refractivity contribution in [1.29, 1.82) is 0 Å². The number of sulfonamides is 1. The summed E-state index contributed by atoms with van der Waals surface area (Å²) >= 11 is 0. The first kappa shape index (κ1) is 16.6. The van der Waals surface area contributed by atoms with E-state index in [9.17, 15) is 8.42 Å². The highest BCUT2D eigenvalue weighted by molar-refractivity contribution is 7.92. The van der Waals surface area contributed by atoms with Crippen molar-refractivity contribution in [2.45, 2.75) is 31.1 Å². The van der Waals surface area contributed by atoms with Crippen molar-refractivity contribution in [3.05, 3.63) is 30.1 Å². The maximum absolute atomic E-state index is 12.8. The van der Waals surface area contributed by atoms with E-state index < -0.39 is 15.4 Å². The topological polar surface area (TPSA) is 82.5 Å². The van der Waals surface area contributed by atoms with Crippen LogP contribution >= 0.6 is 0 Å². The second kappa shape index (κ2) is 5.70. The molecule has 8 heteroatoms. The van der Waals surface area contributed by atoms with Crippen LogP contribution < -0.4 is 14.2 Å². The van der Waals surface area contributed by atoms with E-state index >= 15 is 0 Å². The van der Waals surface area contributed by atoms with Gasteiger partial charge in [-0.3, -0.25) is 9.40 Å². The Morgan fingerprint density at radius 1 is 1.17 bits per heavy atom. The van der Waals surface area contributed by atoms with E-state index in [1.807, 2.05) is 20.8 Å². The molecule has 1 aliphatic rings. The van der Waals surface area contributed by atoms with Crippen LogP contribution in [0.15, 0.2) is 29.3 Å². The van der Waals surface area contributed by atoms with Gasteiger partial charge < -0.3 is 9.47 Å². The van der Waals surface area contributed by atoms with Gasteiger partial charge in [0, 0.05) is 24.7 Å². The molecule has 0 aliphatic carbocycles. The van der Waals surface area contributed by atoms with Gasteiger partial charge >= 0.3 is 0 Å². The third-order valence-electron chi connectivity index (χ3n) is 3.59. The molecule has 0 bridgehead atoms. The van der Waals surface area contributed by atoms with Gasteiger partial charge in [-0.1, -0.05) is 20.8 Å². The number of hydrogen-bond donors (Lipinski definition) is 1. The number of ether oxygens (including phenoxy) is 2. The number of hydrogen-bond acceptors (Lipinski definition) is 5. The molecule has 0 saturated carbocycles. The zero-order valence-electron chi connectivity index (χ0n) is 14.2. The first-order valence-electron chi connectivity index (χ1n) is 7.63. The maximum atomic E-state index is 12.8. The van der Waals surface area contributed by atoms with Gasteiger partial charge in [0.1, 0.15) is 18.1 Å². The van der Waals surface area contributed by atoms with E-state index in [0.717, 1.165) is 0 Å². The monoisotopic (exact) mass is 351 g/mol. The summed E-state index contributed by atoms with van der Waals surface area (Å²) in [6.45, 7) is 6.72. The standard InChI is InChI=1S/C16H21N3O4S/c1-16(2,3)15-14(10-19(4)17-15)24(20,21)18-11-5-6-12-13(9-11)23-8-7-22-12/h5-6,9-10,18H,7-8H2,1-4H3. The highest BCUT2D eigenvalue weighted by Crippen LogP contribution is 2.34. The second-order valence-electron chi connectivity index (χ2n) is 6.73. The number of nitrogens with zero attached hydrogens (tertiary/aromatic N) is 2. The molecule has 1 aromatic carbocycles. The fourth-order valence-corrected chi connectivity index (χ4v) is 3.94. The van der Waals surface area contributed by atoms with Crippen molar-refractivity contribution in [3.63, 3.8) is 0 Å². The third kappa shape index (κ3) is 3.19. The van der Waals surface area contributed by atoms with Crippen LogP contribution in [0.1, 0.15) is 26.5 Å². The highest BCUT2D eigenvalue weighted by Gasteiger charge is 2.29. The van der Waals surface area contributed by atoms with Gasteiger partial charge in [-0.2, -0.15) is 5.10 Å². The quantitative estimate of drug-likeness (QED) is 0.917. The molecular weight excluding hydrogens is 330 g/mol. The number of fused-ring (bicyclic) bond motifs is 1. The normalized spacial score (nSPS) is 14.5. The predicted molar refractivity (Wildman–Crippen MR) is 90.1 cm³/mol. The van der Waals surface area contributed by atoms with Crippen LogP contribution in [0.3, 0.4) is 0 Å². The highest BCUT2D eigenvalue weighted by atomic mass is 32.2. The molecule has 0 amide bonds. The minimum absolute atomic E-state index is 0.174. The lowest BCUT2D eigenvalue weighted by Crippen LogP contribution is -2.20. The molecule has 24 heavy (non-hydrogen) atoms. The smallest absolute Gasteiger partial charge is 0.265 e. The zero-order chi connectivity index (χ0) is 17.5. The van der Waals surface area contributed by atoms with E-state index in [1.165, 1.54) is 10.9 Å². The number of nitrogens with one attached hydrogen (secondary N) is 1. The lowest BCUT2D eigenvalue weighted by atomic mass is 9.92. The lowest BCUT2D eigenvalue weighted by molar-refractivity contribution is 0.171. The molecule has 1 aromatic heterocycles. The molecule has 1 N–H and O–H groups in total. The van der Waals surface area contributed by atoms with Crippen LogP contribution in [0.4, 0.5) is 5.69 Å². The van der Waals surface area contributed by atoms with Crippen LogP contribution in [0.25, 0.3) is 0 Å². The molecule has 0 atom stereocenters. The van der Waals surface area contributed by atoms with Crippen LogP contribution in [0.5, 0.6) is 11.5 Å². The molecule has 130 valence electrons. The SMILES string of the molecule is Cn1cc(S(=O)(=O)Nc2ccc3c(c2)OCCO3)c(C(C)(C)C)n1. The van der Waals surface area contributed by atoms with Crippen LogP contribution in [0, 0.1) is 0 Å². The summed E-state index contributed by atoms with van der Waals surface area (Å²) in [6, 6.07) is 4.97. The fraction of sp³-hybridized carbons (Fsp3) is 0.438. The number of aromatic nitrogens is 2. The average molecular weight is 351 g/mol. The van der Waals surface area contributed by atoms with Gasteiger partial charge in [-0.15, -0.1) is 0 Å². The predicted octanol–water partition coefficient (Wildman–Crippen LogP) is 2.29. The summed E-state index contributed by atoms with van der Waals surface area (Å²) in [6.07, 6.45) is 1.51. The maximum Gasteiger partial charge on any atom is 0.265 e. The van der Waals surface area contributed by atoms with Crippen molar-refractivity contribution in [1.82, 2.24) is 9.78 Å². The second-order valence-corrected chi connectivity index (χ2v) is 8.38. The van der Waals surface area contributed by atoms with E-state index in [1.54, 1.807) is 25.2 Å². The molecule has 0 spiro atoms. The van der Waals surface area contributed by atoms with E-state index in [2.05, 4.69) is 9.82 Å². The van der Waals surface area contributed by atoms with Gasteiger partial charge in [-0.05, 0) is 12.1 Å². The van der Waals surface area contributed by atoms with Gasteiger partial charge in [-0.25, -0.2) is 8.42 Å². The molecule has 3 rings (SSSR count). The number of aryl methyl sites for hydroxylation is 1. The van der Waals surface area contributed by atoms with Crippen LogP contribution in [-0.2, 0) is 22.5 Å². The largest absolute Gasteiger partial charge is 0.486 e. The summed E-state index contributed by atoms with van der Waals surface area (Å²) in [5.41, 5.74) is 0.552. The summed E-state index contributed by atoms with van der Waals surface area (Å²) in [5, 5.41) is 4.31. The fourth-order valence-electron chi connectivity index (χ4n) is 2.50. The summed E-state index contributed by atoms with van der Waals surface area (Å²) < 4.78 is 40.7. The van der Waals surface area contributed by atoms with Gasteiger partial charge in [0.15, 0.2) is 11.5 Å². The Balaban J connectivity index is 1.95. The average Bonchev–Trinajstić information content (AvgIpc) is 2.90. The minimum atomic E-state index is -3.76. The van der Waals surface area contributed by atoms with E-state index in [-0.39, 0.29) is 4.90 Å². The third-order valence-corrected chi connectivity index (χ3v) is 4.97. The van der Waals surface area contributed by atoms with Crippen molar-refractivity contribution >= 4 is 15.7 Å². The Labute approximate surface area is 141 Å². The minimum Gasteiger partial charge on any atom is -0.486 e. The molecule has 0 unspecified atom stereocenters. The van der Waals surface area contributed by atoms with Crippen LogP contribution in [-0.4, -0.2) is 31.4 Å². The van der Waals surface area contributed by atoms with Crippen molar-refractivity contribution in [2.75, 3.05) is 17.9 Å². The number of rotatable bonds is 3. The molecule has 7 nitrogen and oxygen atoms in total. The molecule has 0 saturated heterocycles. The van der Waals surface area contributed by atoms with E-state index in [4.69, 9.17) is 9.47 Å². The number of benzene rings is 1. The zero-order valence-corrected chi connectivity index (χ0v) is 15.0. The Morgan fingerprint density at radius 3 is 2.50 bits per heavy atom. The van der Waals surface area contributed by atoms with Gasteiger partial charge in [0.25, 0.3) is 10.0 Å². The molecule has 0 radical (unpaired) electrons. The molecule has 1 aliphatic heterocycles. The Hall–Kier alpha value is -2.22. The Kier molecular flexibility index (Phi) is 3.95. The van der Waals surface area contributed by atoms with Crippen molar-refractivity contribution < 1.29 is 17.9 Å². The molecule has 0 fully saturated rings. The van der Waals surface area contributed by atoms with E-state index in [0.29, 0.717) is 36.1 Å². The molecular formula is C16H21N3O4S. The van der Waals surface area contributed by atoms with Crippen molar-refractivity contribution in [3.8, 4) is 11.5 Å². The number of anilines is 1.